The predicted molar refractivity (Wildman–Crippen MR) is 57.6 cm³/mol. The highest BCUT2D eigenvalue weighted by Gasteiger charge is 2.36. The number of amides is 1. The Morgan fingerprint density at radius 1 is 1.44 bits per heavy atom. The average molecular weight is 255 g/mol. The quantitative estimate of drug-likeness (QED) is 0.891. The summed E-state index contributed by atoms with van der Waals surface area (Å²) in [7, 11) is 0. The van der Waals surface area contributed by atoms with E-state index in [0.29, 0.717) is 0 Å². The molecule has 0 saturated carbocycles. The Hall–Kier alpha value is -1.98. The van der Waals surface area contributed by atoms with Gasteiger partial charge in [0.1, 0.15) is 6.04 Å². The molecule has 0 aromatic heterocycles. The molecule has 0 radical (unpaired) electrons. The fraction of sp³-hybridized carbons (Fsp3) is 0.333. The van der Waals surface area contributed by atoms with E-state index >= 15 is 0 Å². The van der Waals surface area contributed by atoms with Gasteiger partial charge in [0.05, 0.1) is 0 Å². The Balaban J connectivity index is 2.24. The largest absolute Gasteiger partial charge is 0.480 e. The van der Waals surface area contributed by atoms with Gasteiger partial charge in [0.2, 0.25) is 5.91 Å². The number of aliphatic carboxylic acids is 1. The molecule has 1 unspecified atom stereocenters. The van der Waals surface area contributed by atoms with E-state index in [0.717, 1.165) is 11.0 Å². The molecule has 0 spiro atoms. The first-order valence-electron chi connectivity index (χ1n) is 5.46. The van der Waals surface area contributed by atoms with Crippen molar-refractivity contribution in [2.45, 2.75) is 25.4 Å². The van der Waals surface area contributed by atoms with Gasteiger partial charge in [-0.25, -0.2) is 13.6 Å². The fourth-order valence-electron chi connectivity index (χ4n) is 2.04. The lowest BCUT2D eigenvalue weighted by atomic mass is 10.1. The third kappa shape index (κ3) is 2.18. The van der Waals surface area contributed by atoms with Gasteiger partial charge < -0.3 is 10.0 Å². The molecule has 1 aliphatic rings. The SMILES string of the molecule is O=C(O)C1CCC(=O)N1Cc1cccc(F)c1F. The van der Waals surface area contributed by atoms with Crippen LogP contribution in [0.3, 0.4) is 0 Å². The van der Waals surface area contributed by atoms with Crippen LogP contribution in [0, 0.1) is 11.6 Å². The van der Waals surface area contributed by atoms with E-state index in [1.165, 1.54) is 12.1 Å². The van der Waals surface area contributed by atoms with Crippen molar-refractivity contribution in [3.8, 4) is 0 Å². The zero-order chi connectivity index (χ0) is 13.3. The van der Waals surface area contributed by atoms with Crippen molar-refractivity contribution < 1.29 is 23.5 Å². The van der Waals surface area contributed by atoms with E-state index in [4.69, 9.17) is 5.11 Å². The Morgan fingerprint density at radius 2 is 2.17 bits per heavy atom. The number of benzene rings is 1. The Morgan fingerprint density at radius 3 is 2.83 bits per heavy atom. The van der Waals surface area contributed by atoms with Gasteiger partial charge in [-0.15, -0.1) is 0 Å². The van der Waals surface area contributed by atoms with Crippen LogP contribution in [0.1, 0.15) is 18.4 Å². The van der Waals surface area contributed by atoms with Gasteiger partial charge in [0.15, 0.2) is 11.6 Å². The molecule has 1 aliphatic heterocycles. The van der Waals surface area contributed by atoms with E-state index in [1.54, 1.807) is 0 Å². The molecule has 1 N–H and O–H groups in total. The normalized spacial score (nSPS) is 19.3. The summed E-state index contributed by atoms with van der Waals surface area (Å²) in [6, 6.07) is 2.67. The smallest absolute Gasteiger partial charge is 0.326 e. The molecule has 1 heterocycles. The zero-order valence-corrected chi connectivity index (χ0v) is 9.40. The third-order valence-corrected chi connectivity index (χ3v) is 2.99. The summed E-state index contributed by atoms with van der Waals surface area (Å²) in [4.78, 5) is 23.5. The molecule has 1 atom stereocenters. The maximum Gasteiger partial charge on any atom is 0.326 e. The lowest BCUT2D eigenvalue weighted by molar-refractivity contribution is -0.146. The van der Waals surface area contributed by atoms with Gasteiger partial charge in [0.25, 0.3) is 0 Å². The van der Waals surface area contributed by atoms with Crippen molar-refractivity contribution in [1.82, 2.24) is 4.90 Å². The molecule has 1 fully saturated rings. The van der Waals surface area contributed by atoms with Crippen LogP contribution in [0.4, 0.5) is 8.78 Å². The second-order valence-electron chi connectivity index (χ2n) is 4.13. The number of carboxylic acids is 1. The molecule has 1 saturated heterocycles. The standard InChI is InChI=1S/C12H11F2NO3/c13-8-3-1-2-7(11(8)14)6-15-9(12(17)18)4-5-10(15)16/h1-3,9H,4-6H2,(H,17,18). The number of nitrogens with zero attached hydrogens (tertiary/aromatic N) is 1. The monoisotopic (exact) mass is 255 g/mol. The number of carbonyl (C=O) groups excluding carboxylic acids is 1. The van der Waals surface area contributed by atoms with Crippen LogP contribution < -0.4 is 0 Å². The van der Waals surface area contributed by atoms with Crippen LogP contribution in [0.2, 0.25) is 0 Å². The van der Waals surface area contributed by atoms with Gasteiger partial charge in [-0.05, 0) is 12.5 Å². The van der Waals surface area contributed by atoms with Gasteiger partial charge >= 0.3 is 5.97 Å². The van der Waals surface area contributed by atoms with Crippen LogP contribution in [-0.2, 0) is 16.1 Å². The van der Waals surface area contributed by atoms with Crippen molar-refractivity contribution in [1.29, 1.82) is 0 Å². The average Bonchev–Trinajstić information content (AvgIpc) is 2.67. The van der Waals surface area contributed by atoms with Gasteiger partial charge in [-0.3, -0.25) is 4.79 Å². The second-order valence-corrected chi connectivity index (χ2v) is 4.13. The molecular formula is C12H11F2NO3. The van der Waals surface area contributed by atoms with E-state index in [-0.39, 0.29) is 30.9 Å². The van der Waals surface area contributed by atoms with E-state index in [1.807, 2.05) is 0 Å². The molecular weight excluding hydrogens is 244 g/mol. The fourth-order valence-corrected chi connectivity index (χ4v) is 2.04. The molecule has 1 amide bonds. The predicted octanol–water partition coefficient (Wildman–Crippen LogP) is 1.54. The van der Waals surface area contributed by atoms with Crippen LogP contribution in [0.25, 0.3) is 0 Å². The zero-order valence-electron chi connectivity index (χ0n) is 9.40. The lowest BCUT2D eigenvalue weighted by Crippen LogP contribution is -2.38. The maximum absolute atomic E-state index is 13.4. The van der Waals surface area contributed by atoms with Crippen molar-refractivity contribution >= 4 is 11.9 Å². The molecule has 0 bridgehead atoms. The van der Waals surface area contributed by atoms with Crippen molar-refractivity contribution in [2.75, 3.05) is 0 Å². The Kier molecular flexibility index (Phi) is 3.27. The topological polar surface area (TPSA) is 57.6 Å². The molecule has 2 rings (SSSR count). The molecule has 1 aromatic rings. The lowest BCUT2D eigenvalue weighted by Gasteiger charge is -2.21. The summed E-state index contributed by atoms with van der Waals surface area (Å²) >= 11 is 0. The van der Waals surface area contributed by atoms with Crippen LogP contribution >= 0.6 is 0 Å². The number of rotatable bonds is 3. The highest BCUT2D eigenvalue weighted by atomic mass is 19.2. The number of hydrogen-bond donors (Lipinski definition) is 1. The highest BCUT2D eigenvalue weighted by molar-refractivity contribution is 5.87. The van der Waals surface area contributed by atoms with Gasteiger partial charge in [0, 0.05) is 18.5 Å². The van der Waals surface area contributed by atoms with Crippen molar-refractivity contribution in [3.05, 3.63) is 35.4 Å². The Bertz CT molecular complexity index is 504. The van der Waals surface area contributed by atoms with Crippen LogP contribution in [0.5, 0.6) is 0 Å². The van der Waals surface area contributed by atoms with E-state index in [9.17, 15) is 18.4 Å². The first kappa shape index (κ1) is 12.5. The minimum atomic E-state index is -1.13. The summed E-state index contributed by atoms with van der Waals surface area (Å²) in [6.45, 7) is -0.223. The maximum atomic E-state index is 13.4. The molecule has 6 heteroatoms. The summed E-state index contributed by atoms with van der Waals surface area (Å²) in [6.07, 6.45) is 0.318. The van der Waals surface area contributed by atoms with E-state index < -0.39 is 23.6 Å². The minimum absolute atomic E-state index is 0.0171. The van der Waals surface area contributed by atoms with Gasteiger partial charge in [-0.2, -0.15) is 0 Å². The number of carbonyl (C=O) groups is 2. The number of hydrogen-bond acceptors (Lipinski definition) is 2. The summed E-state index contributed by atoms with van der Waals surface area (Å²) < 4.78 is 26.5. The molecule has 18 heavy (non-hydrogen) atoms. The molecule has 1 aromatic carbocycles. The van der Waals surface area contributed by atoms with Crippen molar-refractivity contribution in [3.63, 3.8) is 0 Å². The molecule has 96 valence electrons. The Labute approximate surface area is 102 Å². The first-order chi connectivity index (χ1) is 8.50. The van der Waals surface area contributed by atoms with Crippen LogP contribution in [-0.4, -0.2) is 27.9 Å². The molecule has 4 nitrogen and oxygen atoms in total. The summed E-state index contributed by atoms with van der Waals surface area (Å²) in [5.74, 6) is -3.53. The van der Waals surface area contributed by atoms with Crippen molar-refractivity contribution in [2.24, 2.45) is 0 Å². The third-order valence-electron chi connectivity index (χ3n) is 2.99. The summed E-state index contributed by atoms with van der Waals surface area (Å²) in [5.41, 5.74) is -0.0171. The molecule has 0 aliphatic carbocycles. The second kappa shape index (κ2) is 4.72. The van der Waals surface area contributed by atoms with E-state index in [2.05, 4.69) is 0 Å². The number of halogens is 2. The van der Waals surface area contributed by atoms with Crippen LogP contribution in [0.15, 0.2) is 18.2 Å². The van der Waals surface area contributed by atoms with Gasteiger partial charge in [-0.1, -0.05) is 12.1 Å². The highest BCUT2D eigenvalue weighted by Crippen LogP contribution is 2.23. The minimum Gasteiger partial charge on any atom is -0.480 e. The number of likely N-dealkylation sites (tertiary alicyclic amines) is 1. The summed E-state index contributed by atoms with van der Waals surface area (Å²) in [5, 5.41) is 8.94. The first-order valence-corrected chi connectivity index (χ1v) is 5.46. The number of carboxylic acid groups (broad SMARTS) is 1.